The maximum atomic E-state index is 12.4. The van der Waals surface area contributed by atoms with Crippen molar-refractivity contribution in [3.63, 3.8) is 0 Å². The van der Waals surface area contributed by atoms with Crippen molar-refractivity contribution in [2.24, 2.45) is 0 Å². The predicted octanol–water partition coefficient (Wildman–Crippen LogP) is 1.58. The van der Waals surface area contributed by atoms with Crippen molar-refractivity contribution in [1.29, 1.82) is 0 Å². The molecular weight excluding hydrogens is 374 g/mol. The number of nitrogens with one attached hydrogen (secondary N) is 1. The Balaban J connectivity index is 1.58. The number of aromatic nitrogens is 1. The van der Waals surface area contributed by atoms with Gasteiger partial charge >= 0.3 is 0 Å². The molecule has 9 heteroatoms. The van der Waals surface area contributed by atoms with Crippen molar-refractivity contribution in [3.8, 4) is 0 Å². The van der Waals surface area contributed by atoms with Crippen LogP contribution < -0.4 is 5.32 Å². The SMILES string of the molecule is CN(C(=O)Cc1csc(NC(=O)c2ccccc2)n1)C1CCS(=O)(=O)C1. The number of sulfone groups is 1. The summed E-state index contributed by atoms with van der Waals surface area (Å²) in [7, 11) is -1.41. The number of carbonyl (C=O) groups excluding carboxylic acids is 2. The number of likely N-dealkylation sites (N-methyl/N-ethyl adjacent to an activating group) is 1. The lowest BCUT2D eigenvalue weighted by molar-refractivity contribution is -0.130. The number of carbonyl (C=O) groups is 2. The second kappa shape index (κ2) is 7.55. The number of rotatable bonds is 5. The molecule has 3 rings (SSSR count). The summed E-state index contributed by atoms with van der Waals surface area (Å²) < 4.78 is 23.1. The lowest BCUT2D eigenvalue weighted by atomic mass is 10.2. The molecule has 0 spiro atoms. The standard InChI is InChI=1S/C17H19N3O4S2/c1-20(14-7-8-26(23,24)11-14)15(21)9-13-10-25-17(18-13)19-16(22)12-5-3-2-4-6-12/h2-6,10,14H,7-9,11H2,1H3,(H,18,19,22). The van der Waals surface area contributed by atoms with E-state index < -0.39 is 9.84 Å². The summed E-state index contributed by atoms with van der Waals surface area (Å²) in [6.45, 7) is 0. The monoisotopic (exact) mass is 393 g/mol. The molecule has 26 heavy (non-hydrogen) atoms. The topological polar surface area (TPSA) is 96.4 Å². The van der Waals surface area contributed by atoms with Gasteiger partial charge in [0.15, 0.2) is 15.0 Å². The zero-order valence-electron chi connectivity index (χ0n) is 14.2. The van der Waals surface area contributed by atoms with Gasteiger partial charge in [0, 0.05) is 24.0 Å². The lowest BCUT2D eigenvalue weighted by Gasteiger charge is -2.23. The second-order valence-electron chi connectivity index (χ2n) is 6.20. The van der Waals surface area contributed by atoms with Crippen LogP contribution in [-0.2, 0) is 21.1 Å². The minimum atomic E-state index is -3.04. The Hall–Kier alpha value is -2.26. The van der Waals surface area contributed by atoms with Gasteiger partial charge in [-0.05, 0) is 18.6 Å². The minimum absolute atomic E-state index is 0.0185. The van der Waals surface area contributed by atoms with E-state index in [2.05, 4.69) is 10.3 Å². The Bertz CT molecular complexity index is 909. The van der Waals surface area contributed by atoms with Gasteiger partial charge in [0.05, 0.1) is 23.6 Å². The van der Waals surface area contributed by atoms with Crippen LogP contribution in [0.4, 0.5) is 5.13 Å². The summed E-state index contributed by atoms with van der Waals surface area (Å²) in [5.41, 5.74) is 1.08. The number of nitrogens with zero attached hydrogens (tertiary/aromatic N) is 2. The first kappa shape index (κ1) is 18.5. The highest BCUT2D eigenvalue weighted by molar-refractivity contribution is 7.91. The molecule has 0 radical (unpaired) electrons. The highest BCUT2D eigenvalue weighted by atomic mass is 32.2. The third-order valence-corrected chi connectivity index (χ3v) is 6.85. The lowest BCUT2D eigenvalue weighted by Crippen LogP contribution is -2.38. The second-order valence-corrected chi connectivity index (χ2v) is 9.29. The van der Waals surface area contributed by atoms with Crippen LogP contribution in [0.1, 0.15) is 22.5 Å². The number of hydrogen-bond donors (Lipinski definition) is 1. The predicted molar refractivity (Wildman–Crippen MR) is 100 cm³/mol. The van der Waals surface area contributed by atoms with E-state index in [-0.39, 0.29) is 35.8 Å². The highest BCUT2D eigenvalue weighted by Crippen LogP contribution is 2.20. The number of anilines is 1. The average molecular weight is 393 g/mol. The Morgan fingerprint density at radius 2 is 2.04 bits per heavy atom. The smallest absolute Gasteiger partial charge is 0.257 e. The average Bonchev–Trinajstić information content (AvgIpc) is 3.20. The Kier molecular flexibility index (Phi) is 5.38. The van der Waals surface area contributed by atoms with Gasteiger partial charge < -0.3 is 4.90 Å². The van der Waals surface area contributed by atoms with E-state index in [1.807, 2.05) is 6.07 Å². The zero-order chi connectivity index (χ0) is 18.7. The first-order valence-corrected chi connectivity index (χ1v) is 10.8. The highest BCUT2D eigenvalue weighted by Gasteiger charge is 2.32. The fourth-order valence-corrected chi connectivity index (χ4v) is 5.25. The number of thiazole rings is 1. The molecule has 0 aliphatic carbocycles. The van der Waals surface area contributed by atoms with Gasteiger partial charge in [0.2, 0.25) is 5.91 Å². The third-order valence-electron chi connectivity index (χ3n) is 4.29. The molecule has 1 unspecified atom stereocenters. The largest absolute Gasteiger partial charge is 0.341 e. The van der Waals surface area contributed by atoms with E-state index in [0.717, 1.165) is 0 Å². The summed E-state index contributed by atoms with van der Waals surface area (Å²) in [5, 5.41) is 4.86. The maximum Gasteiger partial charge on any atom is 0.257 e. The molecule has 1 N–H and O–H groups in total. The number of hydrogen-bond acceptors (Lipinski definition) is 6. The summed E-state index contributed by atoms with van der Waals surface area (Å²) >= 11 is 1.25. The number of amides is 2. The summed E-state index contributed by atoms with van der Waals surface area (Å²) in [4.78, 5) is 30.3. The molecule has 2 heterocycles. The third kappa shape index (κ3) is 4.47. The first-order chi connectivity index (χ1) is 12.3. The van der Waals surface area contributed by atoms with Gasteiger partial charge in [-0.1, -0.05) is 18.2 Å². The van der Waals surface area contributed by atoms with E-state index in [1.165, 1.54) is 16.2 Å². The molecule has 1 saturated heterocycles. The van der Waals surface area contributed by atoms with E-state index in [0.29, 0.717) is 22.8 Å². The van der Waals surface area contributed by atoms with Crippen LogP contribution in [0.5, 0.6) is 0 Å². The van der Waals surface area contributed by atoms with E-state index >= 15 is 0 Å². The summed E-state index contributed by atoms with van der Waals surface area (Å²) in [6.07, 6.45) is 0.546. The zero-order valence-corrected chi connectivity index (χ0v) is 15.8. The molecule has 1 aromatic heterocycles. The first-order valence-electron chi connectivity index (χ1n) is 8.11. The van der Waals surface area contributed by atoms with Crippen molar-refractivity contribution < 1.29 is 18.0 Å². The molecular formula is C17H19N3O4S2. The van der Waals surface area contributed by atoms with Gasteiger partial charge in [-0.3, -0.25) is 14.9 Å². The van der Waals surface area contributed by atoms with Crippen LogP contribution >= 0.6 is 11.3 Å². The summed E-state index contributed by atoms with van der Waals surface area (Å²) in [6, 6.07) is 8.52. The fraction of sp³-hybridized carbons (Fsp3) is 0.353. The van der Waals surface area contributed by atoms with Gasteiger partial charge in [0.25, 0.3) is 5.91 Å². The molecule has 1 aromatic carbocycles. The van der Waals surface area contributed by atoms with Crippen LogP contribution in [0.2, 0.25) is 0 Å². The molecule has 7 nitrogen and oxygen atoms in total. The van der Waals surface area contributed by atoms with Crippen LogP contribution in [0.25, 0.3) is 0 Å². The molecule has 1 aliphatic heterocycles. The van der Waals surface area contributed by atoms with Crippen molar-refractivity contribution in [3.05, 3.63) is 47.0 Å². The Morgan fingerprint density at radius 3 is 2.69 bits per heavy atom. The van der Waals surface area contributed by atoms with E-state index in [1.54, 1.807) is 36.7 Å². The minimum Gasteiger partial charge on any atom is -0.341 e. The summed E-state index contributed by atoms with van der Waals surface area (Å²) in [5.74, 6) is -0.295. The molecule has 138 valence electrons. The molecule has 2 aromatic rings. The van der Waals surface area contributed by atoms with Crippen LogP contribution in [0.3, 0.4) is 0 Å². The van der Waals surface area contributed by atoms with Crippen LogP contribution in [-0.4, -0.2) is 54.7 Å². The molecule has 1 fully saturated rings. The number of benzene rings is 1. The van der Waals surface area contributed by atoms with Crippen LogP contribution in [0.15, 0.2) is 35.7 Å². The molecule has 0 bridgehead atoms. The maximum absolute atomic E-state index is 12.4. The van der Waals surface area contributed by atoms with E-state index in [4.69, 9.17) is 0 Å². The molecule has 1 aliphatic rings. The van der Waals surface area contributed by atoms with E-state index in [9.17, 15) is 18.0 Å². The van der Waals surface area contributed by atoms with Crippen LogP contribution in [0, 0.1) is 0 Å². The van der Waals surface area contributed by atoms with Gasteiger partial charge in [-0.25, -0.2) is 13.4 Å². The van der Waals surface area contributed by atoms with Gasteiger partial charge in [-0.15, -0.1) is 11.3 Å². The molecule has 0 saturated carbocycles. The van der Waals surface area contributed by atoms with Gasteiger partial charge in [0.1, 0.15) is 0 Å². The fourth-order valence-electron chi connectivity index (χ4n) is 2.77. The van der Waals surface area contributed by atoms with Crippen molar-refractivity contribution in [2.45, 2.75) is 18.9 Å². The molecule has 1 atom stereocenters. The van der Waals surface area contributed by atoms with Gasteiger partial charge in [-0.2, -0.15) is 0 Å². The quantitative estimate of drug-likeness (QED) is 0.832. The normalized spacial score (nSPS) is 18.4. The Labute approximate surface area is 156 Å². The van der Waals surface area contributed by atoms with Crippen molar-refractivity contribution >= 4 is 38.1 Å². The Morgan fingerprint density at radius 1 is 1.31 bits per heavy atom. The van der Waals surface area contributed by atoms with Crippen molar-refractivity contribution in [2.75, 3.05) is 23.9 Å². The molecule has 2 amide bonds. The van der Waals surface area contributed by atoms with Crippen molar-refractivity contribution in [1.82, 2.24) is 9.88 Å².